The fraction of sp³-hybridized carbons (Fsp3) is 0.207. The standard InChI is InChI=1S/C29H28ClN3O5/c1-4-37-25-15-21(13-23(30)27(25)38-17-20-7-5-6-19(3)12-20)14-24-28(35)33(29(36)32-24)16-26(34)31-22-10-8-18(2)9-11-22/h5-15H,4,16-17H2,1-3H3,(H,31,34)(H,32,36)/b24-14+. The summed E-state index contributed by atoms with van der Waals surface area (Å²) in [5, 5.41) is 5.50. The van der Waals surface area contributed by atoms with Crippen LogP contribution in [-0.4, -0.2) is 35.9 Å². The van der Waals surface area contributed by atoms with Gasteiger partial charge in [-0.15, -0.1) is 0 Å². The minimum absolute atomic E-state index is 0.0186. The summed E-state index contributed by atoms with van der Waals surface area (Å²) in [5.41, 5.74) is 4.27. The Bertz CT molecular complexity index is 1400. The summed E-state index contributed by atoms with van der Waals surface area (Å²) in [4.78, 5) is 38.6. The number of rotatable bonds is 9. The van der Waals surface area contributed by atoms with Crippen molar-refractivity contribution in [3.8, 4) is 11.5 Å². The average molecular weight is 534 g/mol. The molecule has 0 aliphatic carbocycles. The van der Waals surface area contributed by atoms with Crippen LogP contribution < -0.4 is 20.1 Å². The summed E-state index contributed by atoms with van der Waals surface area (Å²) in [6.45, 7) is 6.03. The molecule has 38 heavy (non-hydrogen) atoms. The normalized spacial score (nSPS) is 14.0. The molecule has 3 aromatic rings. The Morgan fingerprint density at radius 1 is 1.03 bits per heavy atom. The number of imide groups is 1. The quantitative estimate of drug-likeness (QED) is 0.281. The number of nitrogens with one attached hydrogen (secondary N) is 2. The number of hydrogen-bond donors (Lipinski definition) is 2. The van der Waals surface area contributed by atoms with Crippen LogP contribution in [0.5, 0.6) is 11.5 Å². The number of ether oxygens (including phenoxy) is 2. The van der Waals surface area contributed by atoms with Crippen LogP contribution in [0.3, 0.4) is 0 Å². The van der Waals surface area contributed by atoms with Crippen molar-refractivity contribution in [2.24, 2.45) is 0 Å². The Hall–Kier alpha value is -4.30. The van der Waals surface area contributed by atoms with E-state index in [9.17, 15) is 14.4 Å². The van der Waals surface area contributed by atoms with Crippen molar-refractivity contribution in [3.63, 3.8) is 0 Å². The third-order valence-electron chi connectivity index (χ3n) is 5.71. The molecule has 1 fully saturated rings. The van der Waals surface area contributed by atoms with E-state index in [4.69, 9.17) is 21.1 Å². The Kier molecular flexibility index (Phi) is 8.33. The van der Waals surface area contributed by atoms with Gasteiger partial charge in [-0.2, -0.15) is 0 Å². The van der Waals surface area contributed by atoms with Gasteiger partial charge in [-0.05, 0) is 62.2 Å². The maximum atomic E-state index is 12.9. The molecule has 0 unspecified atom stereocenters. The van der Waals surface area contributed by atoms with Crippen molar-refractivity contribution in [2.45, 2.75) is 27.4 Å². The molecular formula is C29H28ClN3O5. The molecule has 0 saturated carbocycles. The highest BCUT2D eigenvalue weighted by molar-refractivity contribution is 6.32. The maximum Gasteiger partial charge on any atom is 0.329 e. The summed E-state index contributed by atoms with van der Waals surface area (Å²) < 4.78 is 11.7. The molecule has 4 amide bonds. The number of halogens is 1. The smallest absolute Gasteiger partial charge is 0.329 e. The summed E-state index contributed by atoms with van der Waals surface area (Å²) in [6.07, 6.45) is 1.48. The Labute approximate surface area is 226 Å². The molecule has 0 bridgehead atoms. The van der Waals surface area contributed by atoms with Gasteiger partial charge in [0.2, 0.25) is 5.91 Å². The van der Waals surface area contributed by atoms with Crippen LogP contribution >= 0.6 is 11.6 Å². The molecule has 2 N–H and O–H groups in total. The fourth-order valence-corrected chi connectivity index (χ4v) is 4.17. The molecule has 4 rings (SSSR count). The van der Waals surface area contributed by atoms with Crippen LogP contribution in [0.15, 0.2) is 66.4 Å². The minimum Gasteiger partial charge on any atom is -0.490 e. The highest BCUT2D eigenvalue weighted by Gasteiger charge is 2.35. The molecular weight excluding hydrogens is 506 g/mol. The fourth-order valence-electron chi connectivity index (χ4n) is 3.89. The number of aryl methyl sites for hydroxylation is 2. The lowest BCUT2D eigenvalue weighted by molar-refractivity contribution is -0.127. The molecule has 0 radical (unpaired) electrons. The van der Waals surface area contributed by atoms with E-state index in [2.05, 4.69) is 10.6 Å². The van der Waals surface area contributed by atoms with Gasteiger partial charge in [0.1, 0.15) is 18.8 Å². The molecule has 1 heterocycles. The number of anilines is 1. The van der Waals surface area contributed by atoms with Crippen LogP contribution in [-0.2, 0) is 16.2 Å². The van der Waals surface area contributed by atoms with Gasteiger partial charge in [0.05, 0.1) is 11.6 Å². The lowest BCUT2D eigenvalue weighted by Crippen LogP contribution is -2.38. The van der Waals surface area contributed by atoms with E-state index in [1.165, 1.54) is 6.08 Å². The predicted molar refractivity (Wildman–Crippen MR) is 146 cm³/mol. The third kappa shape index (κ3) is 6.52. The monoisotopic (exact) mass is 533 g/mol. The first-order chi connectivity index (χ1) is 18.2. The minimum atomic E-state index is -0.686. The zero-order chi connectivity index (χ0) is 27.2. The number of benzene rings is 3. The van der Waals surface area contributed by atoms with Gasteiger partial charge in [-0.25, -0.2) is 9.69 Å². The van der Waals surface area contributed by atoms with Crippen LogP contribution in [0.25, 0.3) is 6.08 Å². The van der Waals surface area contributed by atoms with Crippen LogP contribution in [0.2, 0.25) is 5.02 Å². The summed E-state index contributed by atoms with van der Waals surface area (Å²) in [7, 11) is 0. The lowest BCUT2D eigenvalue weighted by Gasteiger charge is -2.15. The number of urea groups is 1. The lowest BCUT2D eigenvalue weighted by atomic mass is 10.1. The molecule has 1 aliphatic heterocycles. The Balaban J connectivity index is 1.48. The van der Waals surface area contributed by atoms with E-state index in [0.29, 0.717) is 41.0 Å². The number of amides is 4. The second kappa shape index (κ2) is 11.8. The van der Waals surface area contributed by atoms with Crippen molar-refractivity contribution in [1.29, 1.82) is 0 Å². The molecule has 0 spiro atoms. The molecule has 1 saturated heterocycles. The largest absolute Gasteiger partial charge is 0.490 e. The molecule has 0 aromatic heterocycles. The highest BCUT2D eigenvalue weighted by atomic mass is 35.5. The predicted octanol–water partition coefficient (Wildman–Crippen LogP) is 5.47. The van der Waals surface area contributed by atoms with Gasteiger partial charge in [-0.3, -0.25) is 9.59 Å². The van der Waals surface area contributed by atoms with Crippen molar-refractivity contribution in [1.82, 2.24) is 10.2 Å². The van der Waals surface area contributed by atoms with Gasteiger partial charge >= 0.3 is 6.03 Å². The van der Waals surface area contributed by atoms with Crippen LogP contribution in [0.1, 0.15) is 29.2 Å². The van der Waals surface area contributed by atoms with E-state index < -0.39 is 24.4 Å². The maximum absolute atomic E-state index is 12.9. The van der Waals surface area contributed by atoms with Crippen molar-refractivity contribution in [3.05, 3.63) is 93.6 Å². The van der Waals surface area contributed by atoms with Gasteiger partial charge in [0, 0.05) is 5.69 Å². The highest BCUT2D eigenvalue weighted by Crippen LogP contribution is 2.38. The molecule has 8 nitrogen and oxygen atoms in total. The second-order valence-electron chi connectivity index (χ2n) is 8.83. The van der Waals surface area contributed by atoms with Gasteiger partial charge in [-0.1, -0.05) is 59.1 Å². The first kappa shape index (κ1) is 26.8. The first-order valence-corrected chi connectivity index (χ1v) is 12.5. The third-order valence-corrected chi connectivity index (χ3v) is 5.99. The Morgan fingerprint density at radius 2 is 1.79 bits per heavy atom. The molecule has 9 heteroatoms. The topological polar surface area (TPSA) is 97.0 Å². The average Bonchev–Trinajstić information content (AvgIpc) is 3.12. The van der Waals surface area contributed by atoms with Crippen molar-refractivity contribution < 1.29 is 23.9 Å². The number of hydrogen-bond acceptors (Lipinski definition) is 5. The van der Waals surface area contributed by atoms with E-state index in [-0.39, 0.29) is 5.70 Å². The molecule has 1 aliphatic rings. The number of nitrogens with zero attached hydrogens (tertiary/aromatic N) is 1. The summed E-state index contributed by atoms with van der Waals surface area (Å²) >= 11 is 6.53. The van der Waals surface area contributed by atoms with E-state index in [1.54, 1.807) is 24.3 Å². The molecule has 196 valence electrons. The SMILES string of the molecule is CCOc1cc(/C=C2/NC(=O)N(CC(=O)Nc3ccc(C)cc3)C2=O)cc(Cl)c1OCc1cccc(C)c1. The second-order valence-corrected chi connectivity index (χ2v) is 9.24. The summed E-state index contributed by atoms with van der Waals surface area (Å²) in [5.74, 6) is -0.322. The number of carbonyl (C=O) groups excluding carboxylic acids is 3. The first-order valence-electron chi connectivity index (χ1n) is 12.1. The number of carbonyl (C=O) groups is 3. The van der Waals surface area contributed by atoms with Crippen molar-refractivity contribution >= 4 is 41.2 Å². The van der Waals surface area contributed by atoms with E-state index in [1.807, 2.05) is 57.2 Å². The van der Waals surface area contributed by atoms with Gasteiger partial charge in [0.15, 0.2) is 11.5 Å². The zero-order valence-electron chi connectivity index (χ0n) is 21.3. The molecule has 0 atom stereocenters. The van der Waals surface area contributed by atoms with Gasteiger partial charge < -0.3 is 20.1 Å². The van der Waals surface area contributed by atoms with Gasteiger partial charge in [0.25, 0.3) is 5.91 Å². The van der Waals surface area contributed by atoms with Crippen molar-refractivity contribution in [2.75, 3.05) is 18.5 Å². The van der Waals surface area contributed by atoms with E-state index in [0.717, 1.165) is 21.6 Å². The van der Waals surface area contributed by atoms with Crippen LogP contribution in [0.4, 0.5) is 10.5 Å². The van der Waals surface area contributed by atoms with Crippen LogP contribution in [0, 0.1) is 13.8 Å². The Morgan fingerprint density at radius 3 is 2.50 bits per heavy atom. The molecule has 3 aromatic carbocycles. The zero-order valence-corrected chi connectivity index (χ0v) is 22.1. The summed E-state index contributed by atoms with van der Waals surface area (Å²) in [6, 6.07) is 17.8. The van der Waals surface area contributed by atoms with E-state index >= 15 is 0 Å².